The Hall–Kier alpha value is -1.63. The van der Waals surface area contributed by atoms with Crippen LogP contribution in [0.1, 0.15) is 37.3 Å². The predicted molar refractivity (Wildman–Crippen MR) is 104 cm³/mol. The van der Waals surface area contributed by atoms with E-state index in [-0.39, 0.29) is 36.3 Å². The lowest BCUT2D eigenvalue weighted by molar-refractivity contribution is -0.139. The predicted octanol–water partition coefficient (Wildman–Crippen LogP) is 2.22. The number of piperidine rings is 1. The highest BCUT2D eigenvalue weighted by Gasteiger charge is 2.44. The number of ether oxygens (including phenoxy) is 1. The number of benzene rings is 1. The number of likely N-dealkylation sites (tertiary alicyclic amines) is 2. The van der Waals surface area contributed by atoms with Crippen molar-refractivity contribution >= 4 is 23.4 Å². The Balaban J connectivity index is 1.65. The molecule has 0 aliphatic carbocycles. The quantitative estimate of drug-likeness (QED) is 0.752. The molecule has 1 aromatic rings. The van der Waals surface area contributed by atoms with E-state index in [1.54, 1.807) is 18.0 Å². The Morgan fingerprint density at radius 2 is 2.07 bits per heavy atom. The number of hydrogen-bond donors (Lipinski definition) is 1. The Labute approximate surface area is 165 Å². The molecule has 0 radical (unpaired) electrons. The monoisotopic (exact) mass is 393 g/mol. The van der Waals surface area contributed by atoms with E-state index in [1.165, 1.54) is 0 Å². The van der Waals surface area contributed by atoms with E-state index in [0.717, 1.165) is 24.8 Å². The van der Waals surface area contributed by atoms with Crippen molar-refractivity contribution in [3.05, 3.63) is 34.9 Å². The van der Waals surface area contributed by atoms with Gasteiger partial charge >= 0.3 is 0 Å². The Morgan fingerprint density at radius 3 is 2.74 bits per heavy atom. The van der Waals surface area contributed by atoms with Crippen LogP contribution in [-0.2, 0) is 14.3 Å². The van der Waals surface area contributed by atoms with Crippen molar-refractivity contribution in [3.8, 4) is 0 Å². The molecule has 6 nitrogen and oxygen atoms in total. The maximum atomic E-state index is 13.2. The van der Waals surface area contributed by atoms with Gasteiger partial charge in [0.25, 0.3) is 0 Å². The number of nitrogens with two attached hydrogens (primary N) is 1. The molecule has 2 N–H and O–H groups in total. The first-order valence-electron chi connectivity index (χ1n) is 9.63. The Kier molecular flexibility index (Phi) is 6.73. The van der Waals surface area contributed by atoms with Gasteiger partial charge in [0.1, 0.15) is 0 Å². The molecule has 2 amide bonds. The Bertz CT molecular complexity index is 676. The maximum absolute atomic E-state index is 13.2. The summed E-state index contributed by atoms with van der Waals surface area (Å²) in [6.45, 7) is 2.64. The lowest BCUT2D eigenvalue weighted by Crippen LogP contribution is -2.44. The summed E-state index contributed by atoms with van der Waals surface area (Å²) < 4.78 is 5.82. The molecule has 2 heterocycles. The standard InChI is InChI=1S/C20H28ClN3O3/c1-23-18(25)13-17(19(23)14-4-2-5-15(21)12-14)20(26)24-9-6-16(7-10-24)27-11-3-8-22/h2,4-5,12,16-17,19H,3,6-11,13,22H2,1H3/t17-,19-/m1/s1. The fourth-order valence-corrected chi connectivity index (χ4v) is 4.25. The van der Waals surface area contributed by atoms with E-state index in [0.29, 0.717) is 31.3 Å². The molecule has 27 heavy (non-hydrogen) atoms. The summed E-state index contributed by atoms with van der Waals surface area (Å²) >= 11 is 6.13. The van der Waals surface area contributed by atoms with Crippen LogP contribution in [-0.4, -0.2) is 61.0 Å². The van der Waals surface area contributed by atoms with Gasteiger partial charge in [0.15, 0.2) is 0 Å². The number of halogens is 1. The largest absolute Gasteiger partial charge is 0.378 e. The summed E-state index contributed by atoms with van der Waals surface area (Å²) in [6, 6.07) is 7.18. The van der Waals surface area contributed by atoms with Gasteiger partial charge in [-0.05, 0) is 43.5 Å². The van der Waals surface area contributed by atoms with Crippen LogP contribution in [0, 0.1) is 5.92 Å². The fraction of sp³-hybridized carbons (Fsp3) is 0.600. The molecule has 2 saturated heterocycles. The van der Waals surface area contributed by atoms with Crippen molar-refractivity contribution < 1.29 is 14.3 Å². The molecule has 3 rings (SSSR count). The van der Waals surface area contributed by atoms with Gasteiger partial charge in [0, 0.05) is 38.2 Å². The highest BCUT2D eigenvalue weighted by atomic mass is 35.5. The number of carbonyl (C=O) groups is 2. The van der Waals surface area contributed by atoms with Crippen LogP contribution in [0.25, 0.3) is 0 Å². The first kappa shape index (κ1) is 20.1. The van der Waals surface area contributed by atoms with E-state index < -0.39 is 0 Å². The van der Waals surface area contributed by atoms with Crippen molar-refractivity contribution in [2.75, 3.05) is 33.3 Å². The second kappa shape index (κ2) is 9.04. The molecule has 2 aliphatic rings. The van der Waals surface area contributed by atoms with Crippen molar-refractivity contribution in [1.82, 2.24) is 9.80 Å². The fourth-order valence-electron chi connectivity index (χ4n) is 4.05. The zero-order valence-corrected chi connectivity index (χ0v) is 16.5. The summed E-state index contributed by atoms with van der Waals surface area (Å²) in [5.41, 5.74) is 6.41. The van der Waals surface area contributed by atoms with Crippen LogP contribution >= 0.6 is 11.6 Å². The van der Waals surface area contributed by atoms with E-state index in [2.05, 4.69) is 0 Å². The van der Waals surface area contributed by atoms with Crippen molar-refractivity contribution in [2.24, 2.45) is 11.7 Å². The second-order valence-electron chi connectivity index (χ2n) is 7.35. The molecule has 2 atom stereocenters. The minimum absolute atomic E-state index is 0.00155. The van der Waals surface area contributed by atoms with Gasteiger partial charge in [-0.2, -0.15) is 0 Å². The van der Waals surface area contributed by atoms with E-state index >= 15 is 0 Å². The molecule has 0 aromatic heterocycles. The summed E-state index contributed by atoms with van der Waals surface area (Å²) in [5.74, 6) is -0.313. The molecule has 0 bridgehead atoms. The van der Waals surface area contributed by atoms with Crippen molar-refractivity contribution in [1.29, 1.82) is 0 Å². The zero-order valence-electron chi connectivity index (χ0n) is 15.8. The third-order valence-electron chi connectivity index (χ3n) is 5.55. The van der Waals surface area contributed by atoms with Gasteiger partial charge in [-0.3, -0.25) is 9.59 Å². The van der Waals surface area contributed by atoms with Crippen LogP contribution in [0.3, 0.4) is 0 Å². The first-order valence-corrected chi connectivity index (χ1v) is 10.0. The highest BCUT2D eigenvalue weighted by Crippen LogP contribution is 2.39. The van der Waals surface area contributed by atoms with Gasteiger partial charge in [-0.15, -0.1) is 0 Å². The van der Waals surface area contributed by atoms with Gasteiger partial charge in [-0.1, -0.05) is 23.7 Å². The van der Waals surface area contributed by atoms with Crippen LogP contribution in [0.2, 0.25) is 5.02 Å². The van der Waals surface area contributed by atoms with E-state index in [9.17, 15) is 9.59 Å². The molecule has 2 aliphatic heterocycles. The van der Waals surface area contributed by atoms with E-state index in [4.69, 9.17) is 22.1 Å². The minimum Gasteiger partial charge on any atom is -0.378 e. The normalized spacial score (nSPS) is 23.9. The maximum Gasteiger partial charge on any atom is 0.228 e. The summed E-state index contributed by atoms with van der Waals surface area (Å²) in [6.07, 6.45) is 2.96. The molecule has 2 fully saturated rings. The van der Waals surface area contributed by atoms with Gasteiger partial charge in [-0.25, -0.2) is 0 Å². The number of hydrogen-bond acceptors (Lipinski definition) is 4. The molecule has 0 unspecified atom stereocenters. The summed E-state index contributed by atoms with van der Waals surface area (Å²) in [5, 5.41) is 0.613. The first-order chi connectivity index (χ1) is 13.0. The smallest absolute Gasteiger partial charge is 0.228 e. The zero-order chi connectivity index (χ0) is 19.4. The van der Waals surface area contributed by atoms with Crippen LogP contribution in [0.4, 0.5) is 0 Å². The molecule has 1 aromatic carbocycles. The lowest BCUT2D eigenvalue weighted by Gasteiger charge is -2.35. The van der Waals surface area contributed by atoms with Crippen LogP contribution in [0.15, 0.2) is 24.3 Å². The summed E-state index contributed by atoms with van der Waals surface area (Å²) in [7, 11) is 1.76. The minimum atomic E-state index is -0.365. The number of nitrogens with zero attached hydrogens (tertiary/aromatic N) is 2. The number of amides is 2. The van der Waals surface area contributed by atoms with Gasteiger partial charge in [0.05, 0.1) is 18.1 Å². The van der Waals surface area contributed by atoms with Crippen LogP contribution in [0.5, 0.6) is 0 Å². The van der Waals surface area contributed by atoms with E-state index in [1.807, 2.05) is 23.1 Å². The van der Waals surface area contributed by atoms with Gasteiger partial charge in [0.2, 0.25) is 11.8 Å². The number of carbonyl (C=O) groups excluding carboxylic acids is 2. The lowest BCUT2D eigenvalue weighted by atomic mass is 9.91. The van der Waals surface area contributed by atoms with Crippen LogP contribution < -0.4 is 5.73 Å². The molecule has 0 spiro atoms. The third kappa shape index (κ3) is 4.62. The summed E-state index contributed by atoms with van der Waals surface area (Å²) in [4.78, 5) is 29.1. The average molecular weight is 394 g/mol. The molecule has 0 saturated carbocycles. The molecule has 7 heteroatoms. The SMILES string of the molecule is CN1C(=O)C[C@@H](C(=O)N2CCC(OCCCN)CC2)[C@H]1c1cccc(Cl)c1. The Morgan fingerprint density at radius 1 is 1.33 bits per heavy atom. The molecular weight excluding hydrogens is 366 g/mol. The topological polar surface area (TPSA) is 75.9 Å². The van der Waals surface area contributed by atoms with Gasteiger partial charge < -0.3 is 20.3 Å². The van der Waals surface area contributed by atoms with Crippen molar-refractivity contribution in [2.45, 2.75) is 37.8 Å². The third-order valence-corrected chi connectivity index (χ3v) is 5.78. The molecule has 148 valence electrons. The molecular formula is C20H28ClN3O3. The second-order valence-corrected chi connectivity index (χ2v) is 7.79. The highest BCUT2D eigenvalue weighted by molar-refractivity contribution is 6.30. The van der Waals surface area contributed by atoms with Crippen molar-refractivity contribution in [3.63, 3.8) is 0 Å². The average Bonchev–Trinajstić information content (AvgIpc) is 2.97. The number of rotatable bonds is 6.